The Hall–Kier alpha value is -1.66. The highest BCUT2D eigenvalue weighted by Crippen LogP contribution is 2.49. The van der Waals surface area contributed by atoms with E-state index < -0.39 is 21.6 Å². The molecule has 0 radical (unpaired) electrons. The Balaban J connectivity index is 2.82. The van der Waals surface area contributed by atoms with Crippen LogP contribution in [0.25, 0.3) is 0 Å². The van der Waals surface area contributed by atoms with Gasteiger partial charge < -0.3 is 9.05 Å². The Labute approximate surface area is 176 Å². The van der Waals surface area contributed by atoms with Crippen molar-refractivity contribution in [1.82, 2.24) is 0 Å². The lowest BCUT2D eigenvalue weighted by Crippen LogP contribution is -2.09. The minimum Gasteiger partial charge on any atom is -0.404 e. The summed E-state index contributed by atoms with van der Waals surface area (Å²) >= 11 is 0. The summed E-state index contributed by atoms with van der Waals surface area (Å²) in [7, 11) is -9.65. The smallest absolute Gasteiger partial charge is 0.404 e. The zero-order chi connectivity index (χ0) is 22.9. The van der Waals surface area contributed by atoms with Crippen molar-refractivity contribution in [1.29, 1.82) is 0 Å². The number of aryl methyl sites for hydroxylation is 4. The monoisotopic (exact) mass is 458 g/mol. The summed E-state index contributed by atoms with van der Waals surface area (Å²) in [6.45, 7) is 9.05. The molecule has 0 spiro atoms. The van der Waals surface area contributed by atoms with Crippen molar-refractivity contribution in [3.8, 4) is 11.5 Å². The second kappa shape index (κ2) is 9.23. The van der Waals surface area contributed by atoms with Gasteiger partial charge >= 0.3 is 15.6 Å². The van der Waals surface area contributed by atoms with Crippen LogP contribution in [0, 0.1) is 27.7 Å². The lowest BCUT2D eigenvalue weighted by atomic mass is 9.83. The first-order valence-corrected chi connectivity index (χ1v) is 12.5. The summed E-state index contributed by atoms with van der Waals surface area (Å²) in [5.74, 6) is -0.336. The Morgan fingerprint density at radius 1 is 0.767 bits per heavy atom. The van der Waals surface area contributed by atoms with Crippen molar-refractivity contribution < 1.29 is 37.8 Å². The fourth-order valence-electron chi connectivity index (χ4n) is 3.75. The third kappa shape index (κ3) is 6.42. The molecular formula is C20H28O8P2. The van der Waals surface area contributed by atoms with Gasteiger partial charge in [0.2, 0.25) is 0 Å². The molecule has 2 aromatic rings. The van der Waals surface area contributed by atoms with E-state index >= 15 is 0 Å². The van der Waals surface area contributed by atoms with Crippen molar-refractivity contribution >= 4 is 15.6 Å². The molecule has 0 saturated carbocycles. The van der Waals surface area contributed by atoms with Crippen LogP contribution >= 0.6 is 15.6 Å². The molecule has 0 bridgehead atoms. The maximum absolute atomic E-state index is 11.6. The number of rotatable bonds is 8. The quantitative estimate of drug-likeness (QED) is 0.415. The number of benzene rings is 2. The SMILES string of the molecule is CCCC(c1cc(C)cc(C)c1OP(=O)(O)O)c1cc(C)cc(C)c1OP(=O)(O)O. The van der Waals surface area contributed by atoms with Crippen LogP contribution in [0.15, 0.2) is 24.3 Å². The minimum atomic E-state index is -4.83. The first kappa shape index (κ1) is 24.6. The van der Waals surface area contributed by atoms with Gasteiger partial charge in [-0.2, -0.15) is 0 Å². The van der Waals surface area contributed by atoms with Gasteiger partial charge in [-0.25, -0.2) is 9.13 Å². The number of phosphoric acid groups is 2. The lowest BCUT2D eigenvalue weighted by Gasteiger charge is -2.26. The van der Waals surface area contributed by atoms with Gasteiger partial charge in [-0.05, 0) is 45.2 Å². The molecule has 0 aromatic heterocycles. The Kier molecular flexibility index (Phi) is 7.57. The van der Waals surface area contributed by atoms with E-state index in [1.807, 2.05) is 20.8 Å². The van der Waals surface area contributed by atoms with Crippen LogP contribution in [-0.2, 0) is 9.13 Å². The van der Waals surface area contributed by atoms with Gasteiger partial charge in [-0.3, -0.25) is 19.6 Å². The van der Waals surface area contributed by atoms with Crippen molar-refractivity contribution in [2.24, 2.45) is 0 Å². The van der Waals surface area contributed by atoms with Gasteiger partial charge in [0.15, 0.2) is 0 Å². The lowest BCUT2D eigenvalue weighted by molar-refractivity contribution is 0.280. The topological polar surface area (TPSA) is 134 Å². The number of hydrogen-bond donors (Lipinski definition) is 4. The van der Waals surface area contributed by atoms with Gasteiger partial charge in [-0.15, -0.1) is 0 Å². The summed E-state index contributed by atoms with van der Waals surface area (Å²) in [5.41, 5.74) is 3.89. The van der Waals surface area contributed by atoms with Gasteiger partial charge in [0.1, 0.15) is 11.5 Å². The molecule has 0 saturated heterocycles. The van der Waals surface area contributed by atoms with E-state index in [9.17, 15) is 28.7 Å². The maximum Gasteiger partial charge on any atom is 0.524 e. The highest BCUT2D eigenvalue weighted by Gasteiger charge is 2.29. The van der Waals surface area contributed by atoms with Crippen LogP contribution < -0.4 is 9.05 Å². The van der Waals surface area contributed by atoms with Crippen LogP contribution in [0.5, 0.6) is 11.5 Å². The van der Waals surface area contributed by atoms with Gasteiger partial charge in [0.25, 0.3) is 0 Å². The predicted molar refractivity (Wildman–Crippen MR) is 114 cm³/mol. The summed E-state index contributed by atoms with van der Waals surface area (Å²) in [6.07, 6.45) is 1.25. The molecule has 0 heterocycles. The largest absolute Gasteiger partial charge is 0.524 e. The highest BCUT2D eigenvalue weighted by molar-refractivity contribution is 7.47. The van der Waals surface area contributed by atoms with E-state index in [2.05, 4.69) is 0 Å². The average molecular weight is 458 g/mol. The van der Waals surface area contributed by atoms with Crippen LogP contribution in [0.4, 0.5) is 0 Å². The Morgan fingerprint density at radius 2 is 1.13 bits per heavy atom. The third-order valence-electron chi connectivity index (χ3n) is 4.64. The number of hydrogen-bond acceptors (Lipinski definition) is 4. The zero-order valence-corrected chi connectivity index (χ0v) is 19.4. The van der Waals surface area contributed by atoms with E-state index in [1.54, 1.807) is 38.1 Å². The second-order valence-electron chi connectivity index (χ2n) is 7.51. The highest BCUT2D eigenvalue weighted by atomic mass is 31.2. The molecule has 0 amide bonds. The molecule has 0 aliphatic heterocycles. The second-order valence-corrected chi connectivity index (χ2v) is 9.83. The van der Waals surface area contributed by atoms with Crippen LogP contribution in [0.3, 0.4) is 0 Å². The molecule has 2 rings (SSSR count). The van der Waals surface area contributed by atoms with Crippen molar-refractivity contribution in [3.63, 3.8) is 0 Å². The average Bonchev–Trinajstić information content (AvgIpc) is 2.55. The molecule has 0 unspecified atom stereocenters. The summed E-state index contributed by atoms with van der Waals surface area (Å²) in [4.78, 5) is 37.7. The fourth-order valence-corrected chi connectivity index (χ4v) is 4.72. The molecule has 2 aromatic carbocycles. The van der Waals surface area contributed by atoms with Gasteiger partial charge in [-0.1, -0.05) is 48.7 Å². The molecule has 8 nitrogen and oxygen atoms in total. The first-order chi connectivity index (χ1) is 13.7. The molecule has 10 heteroatoms. The standard InChI is InChI=1S/C20H28O8P2/c1-6-7-16(17-10-12(2)8-14(4)19(17)27-29(21,22)23)18-11-13(3)9-15(5)20(18)28-30(24,25)26/h8-11,16H,6-7H2,1-5H3,(H2,21,22,23)(H2,24,25,26). The first-order valence-electron chi connectivity index (χ1n) is 9.44. The van der Waals surface area contributed by atoms with Gasteiger partial charge in [0, 0.05) is 17.0 Å². The molecule has 0 fully saturated rings. The van der Waals surface area contributed by atoms with E-state index in [1.165, 1.54) is 0 Å². The summed E-state index contributed by atoms with van der Waals surface area (Å²) < 4.78 is 33.3. The molecule has 30 heavy (non-hydrogen) atoms. The van der Waals surface area contributed by atoms with Crippen molar-refractivity contribution in [3.05, 3.63) is 57.6 Å². The molecule has 0 aliphatic rings. The van der Waals surface area contributed by atoms with E-state index in [4.69, 9.17) is 9.05 Å². The predicted octanol–water partition coefficient (Wildman–Crippen LogP) is 4.80. The van der Waals surface area contributed by atoms with E-state index in [-0.39, 0.29) is 11.5 Å². The van der Waals surface area contributed by atoms with Crippen LogP contribution in [0.1, 0.15) is 59.1 Å². The van der Waals surface area contributed by atoms with E-state index in [0.717, 1.165) is 11.1 Å². The van der Waals surface area contributed by atoms with Crippen molar-refractivity contribution in [2.75, 3.05) is 0 Å². The molecule has 4 N–H and O–H groups in total. The summed E-state index contributed by atoms with van der Waals surface area (Å²) in [5, 5.41) is 0. The maximum atomic E-state index is 11.6. The van der Waals surface area contributed by atoms with Crippen LogP contribution in [0.2, 0.25) is 0 Å². The Bertz CT molecular complexity index is 942. The third-order valence-corrected chi connectivity index (χ3v) is 5.48. The minimum absolute atomic E-state index is 0.0636. The molecule has 0 aliphatic carbocycles. The van der Waals surface area contributed by atoms with Crippen LogP contribution in [-0.4, -0.2) is 19.6 Å². The van der Waals surface area contributed by atoms with Crippen molar-refractivity contribution in [2.45, 2.75) is 53.4 Å². The molecular weight excluding hydrogens is 430 g/mol. The fraction of sp³-hybridized carbons (Fsp3) is 0.400. The summed E-state index contributed by atoms with van der Waals surface area (Å²) in [6, 6.07) is 7.06. The molecule has 0 atom stereocenters. The zero-order valence-electron chi connectivity index (χ0n) is 17.6. The molecule has 166 valence electrons. The Morgan fingerprint density at radius 3 is 1.43 bits per heavy atom. The number of phosphoric ester groups is 2. The van der Waals surface area contributed by atoms with Gasteiger partial charge in [0.05, 0.1) is 0 Å². The normalized spacial score (nSPS) is 12.3. The van der Waals surface area contributed by atoms with E-state index in [0.29, 0.717) is 35.1 Å².